The first-order valence-electron chi connectivity index (χ1n) is 17.3. The summed E-state index contributed by atoms with van der Waals surface area (Å²) in [6.07, 6.45) is 11.3. The number of allylic oxidation sites excluding steroid dienone is 8. The van der Waals surface area contributed by atoms with Crippen LogP contribution in [-0.2, 0) is 5.41 Å². The molecule has 254 valence electrons. The van der Waals surface area contributed by atoms with E-state index in [1.54, 1.807) is 58.3 Å². The molecular formula is C44H22N4O2S4. The molecule has 10 heteroatoms. The highest BCUT2D eigenvalue weighted by Gasteiger charge is 2.46. The summed E-state index contributed by atoms with van der Waals surface area (Å²) in [6.45, 7) is 7.63. The lowest BCUT2D eigenvalue weighted by molar-refractivity contribution is 0.103. The lowest BCUT2D eigenvalue weighted by atomic mass is 9.67. The minimum atomic E-state index is -0.266. The third kappa shape index (κ3) is 4.37. The van der Waals surface area contributed by atoms with Gasteiger partial charge in [-0.05, 0) is 59.4 Å². The van der Waals surface area contributed by atoms with Gasteiger partial charge in [-0.15, -0.1) is 45.3 Å². The molecule has 0 radical (unpaired) electrons. The summed E-state index contributed by atoms with van der Waals surface area (Å²) in [5, 5.41) is 29.6. The van der Waals surface area contributed by atoms with Crippen LogP contribution in [0.25, 0.3) is 56.3 Å². The van der Waals surface area contributed by atoms with Crippen molar-refractivity contribution < 1.29 is 9.59 Å². The summed E-state index contributed by atoms with van der Waals surface area (Å²) in [5.74, 6) is -0.327. The molecule has 1 spiro atoms. The molecule has 6 nitrogen and oxygen atoms in total. The summed E-state index contributed by atoms with van der Waals surface area (Å²) < 4.78 is 7.36. The first-order valence-corrected chi connectivity index (χ1v) is 20.6. The quantitative estimate of drug-likeness (QED) is 0.0990. The highest BCUT2D eigenvalue weighted by molar-refractivity contribution is 7.44. The van der Waals surface area contributed by atoms with E-state index in [0.29, 0.717) is 44.5 Å². The van der Waals surface area contributed by atoms with Crippen molar-refractivity contribution in [2.24, 2.45) is 0 Å². The van der Waals surface area contributed by atoms with E-state index in [9.17, 15) is 25.4 Å². The Hall–Kier alpha value is -5.98. The monoisotopic (exact) mass is 766 g/mol. The maximum atomic E-state index is 13.9. The minimum Gasteiger partial charge on any atom is -0.289 e. The number of benzene rings is 2. The van der Waals surface area contributed by atoms with Crippen LogP contribution in [-0.4, -0.2) is 11.6 Å². The lowest BCUT2D eigenvalue weighted by Gasteiger charge is -2.36. The molecule has 0 unspecified atom stereocenters. The van der Waals surface area contributed by atoms with Gasteiger partial charge in [-0.1, -0.05) is 67.8 Å². The topological polar surface area (TPSA) is 110 Å². The molecule has 54 heavy (non-hydrogen) atoms. The van der Waals surface area contributed by atoms with Crippen LogP contribution in [0.5, 0.6) is 0 Å². The van der Waals surface area contributed by atoms with Gasteiger partial charge in [0, 0.05) is 53.3 Å². The van der Waals surface area contributed by atoms with Crippen LogP contribution in [0.15, 0.2) is 88.7 Å². The Bertz CT molecular complexity index is 3080. The summed E-state index contributed by atoms with van der Waals surface area (Å²) >= 11 is 7.01. The van der Waals surface area contributed by atoms with E-state index < -0.39 is 0 Å². The first kappa shape index (κ1) is 32.7. The number of thiophene rings is 4. The number of hydrogen-bond donors (Lipinski definition) is 0. The maximum absolute atomic E-state index is 13.9. The minimum absolute atomic E-state index is 0.0487. The van der Waals surface area contributed by atoms with E-state index in [1.165, 1.54) is 33.9 Å². The second kappa shape index (κ2) is 12.0. The third-order valence-electron chi connectivity index (χ3n) is 11.1. The van der Waals surface area contributed by atoms with E-state index in [-0.39, 0.29) is 28.3 Å². The Morgan fingerprint density at radius 3 is 1.96 bits per heavy atom. The zero-order chi connectivity index (χ0) is 36.9. The fraction of sp³-hybridized carbons (Fsp3) is 0.136. The van der Waals surface area contributed by atoms with E-state index in [2.05, 4.69) is 17.0 Å². The molecule has 4 aromatic heterocycles. The van der Waals surface area contributed by atoms with Crippen molar-refractivity contribution in [1.82, 2.24) is 0 Å². The summed E-state index contributed by atoms with van der Waals surface area (Å²) in [7, 11) is 0. The molecule has 0 aliphatic heterocycles. The molecule has 10 rings (SSSR count). The highest BCUT2D eigenvalue weighted by atomic mass is 32.1. The van der Waals surface area contributed by atoms with Gasteiger partial charge in [-0.25, -0.2) is 10.1 Å². The standard InChI is InChI=1S/C44H22N4O2S4/c1-48-31(21-47)35-26-10-4-6-12-28(26)38(50)30(35)17-24-18-33-39(51-24)41-43(53-33)42-40(54-41)36-32(52-42)16-23(44(36)13-7-2-8-14-44)15-29-34(22(19-45)20-46)25-9-3-5-11-27(25)37(29)49/h3-6,9-12,15-18H,2,7-8,13-14H2/b29-15-,30-17+,35-31-. The molecule has 4 aliphatic carbocycles. The number of hydrogen-bond acceptors (Lipinski definition) is 9. The van der Waals surface area contributed by atoms with Crippen molar-refractivity contribution in [3.8, 4) is 18.2 Å². The molecule has 4 heterocycles. The SMILES string of the molecule is [C-]#[N+]/C(C#N)=C1\C(=C/c2cc3sc4c5sc6c(c5sc4c3s2)C2(CCCCC2)C(/C=C2\C(=O)c3ccccc3C2=C(C#N)C#N)=C6)C(=O)c2ccccc21. The Balaban J connectivity index is 1.10. The number of Topliss-reactive ketones (excluding diaryl/α,β-unsaturated/α-hetero) is 2. The van der Waals surface area contributed by atoms with Crippen LogP contribution in [0.3, 0.4) is 0 Å². The van der Waals surface area contributed by atoms with Gasteiger partial charge >= 0.3 is 0 Å². The van der Waals surface area contributed by atoms with Gasteiger partial charge in [0.1, 0.15) is 17.7 Å². The van der Waals surface area contributed by atoms with Crippen molar-refractivity contribution >= 4 is 108 Å². The van der Waals surface area contributed by atoms with E-state index in [1.807, 2.05) is 66.0 Å². The third-order valence-corrected chi connectivity index (χ3v) is 16.4. The molecule has 0 bridgehead atoms. The zero-order valence-electron chi connectivity index (χ0n) is 28.2. The fourth-order valence-corrected chi connectivity index (χ4v) is 14.8. The Kier molecular flexibility index (Phi) is 7.27. The zero-order valence-corrected chi connectivity index (χ0v) is 31.5. The van der Waals surface area contributed by atoms with Gasteiger partial charge in [-0.2, -0.15) is 10.5 Å². The smallest absolute Gasteiger partial charge is 0.270 e. The number of nitrogens with zero attached hydrogens (tertiary/aromatic N) is 4. The Morgan fingerprint density at radius 1 is 0.704 bits per heavy atom. The second-order valence-electron chi connectivity index (χ2n) is 13.7. The van der Waals surface area contributed by atoms with E-state index >= 15 is 0 Å². The molecule has 0 saturated heterocycles. The van der Waals surface area contributed by atoms with Gasteiger partial charge in [0.25, 0.3) is 5.70 Å². The number of fused-ring (bicyclic) bond motifs is 10. The maximum Gasteiger partial charge on any atom is 0.270 e. The average molecular weight is 767 g/mol. The van der Waals surface area contributed by atoms with Gasteiger partial charge in [-0.3, -0.25) is 9.59 Å². The summed E-state index contributed by atoms with van der Waals surface area (Å²) in [5.41, 5.74) is 5.96. The van der Waals surface area contributed by atoms with Crippen LogP contribution in [0.2, 0.25) is 0 Å². The Morgan fingerprint density at radius 2 is 1.31 bits per heavy atom. The number of carbonyl (C=O) groups is 2. The predicted octanol–water partition coefficient (Wildman–Crippen LogP) is 12.0. The second-order valence-corrected chi connectivity index (χ2v) is 17.9. The van der Waals surface area contributed by atoms with Crippen LogP contribution < -0.4 is 0 Å². The number of ketones is 2. The Labute approximate surface area is 325 Å². The molecular weight excluding hydrogens is 745 g/mol. The summed E-state index contributed by atoms with van der Waals surface area (Å²) in [6, 6.07) is 22.6. The van der Waals surface area contributed by atoms with Crippen molar-refractivity contribution in [3.63, 3.8) is 0 Å². The normalized spacial score (nSPS) is 19.3. The predicted molar refractivity (Wildman–Crippen MR) is 218 cm³/mol. The number of nitriles is 3. The van der Waals surface area contributed by atoms with Crippen molar-refractivity contribution in [2.45, 2.75) is 37.5 Å². The van der Waals surface area contributed by atoms with E-state index in [0.717, 1.165) is 47.3 Å². The van der Waals surface area contributed by atoms with Crippen LogP contribution in [0.1, 0.15) is 79.3 Å². The van der Waals surface area contributed by atoms with Gasteiger partial charge in [0.15, 0.2) is 11.6 Å². The largest absolute Gasteiger partial charge is 0.289 e. The highest BCUT2D eigenvalue weighted by Crippen LogP contribution is 2.61. The van der Waals surface area contributed by atoms with Crippen molar-refractivity contribution in [3.05, 3.63) is 138 Å². The first-order chi connectivity index (χ1) is 26.4. The van der Waals surface area contributed by atoms with Gasteiger partial charge < -0.3 is 0 Å². The van der Waals surface area contributed by atoms with Crippen molar-refractivity contribution in [1.29, 1.82) is 15.8 Å². The van der Waals surface area contributed by atoms with Crippen LogP contribution >= 0.6 is 45.3 Å². The number of carbonyl (C=O) groups excluding carboxylic acids is 2. The van der Waals surface area contributed by atoms with E-state index in [4.69, 9.17) is 6.57 Å². The molecule has 2 aromatic carbocycles. The average Bonchev–Trinajstić information content (AvgIpc) is 4.05. The van der Waals surface area contributed by atoms with Crippen LogP contribution in [0, 0.1) is 40.6 Å². The van der Waals surface area contributed by atoms with Crippen LogP contribution in [0.4, 0.5) is 0 Å². The van der Waals surface area contributed by atoms with Crippen molar-refractivity contribution in [2.75, 3.05) is 0 Å². The number of rotatable bonds is 2. The molecule has 1 fully saturated rings. The lowest BCUT2D eigenvalue weighted by Crippen LogP contribution is -2.28. The molecule has 6 aromatic rings. The fourth-order valence-electron chi connectivity index (χ4n) is 8.81. The van der Waals surface area contributed by atoms with Gasteiger partial charge in [0.2, 0.25) is 0 Å². The summed E-state index contributed by atoms with van der Waals surface area (Å²) in [4.78, 5) is 33.1. The molecule has 1 saturated carbocycles. The molecule has 0 amide bonds. The molecule has 4 aliphatic rings. The molecule has 0 N–H and O–H groups in total. The molecule has 0 atom stereocenters. The van der Waals surface area contributed by atoms with Gasteiger partial charge in [0.05, 0.1) is 36.1 Å².